The molecule has 96 valence electrons. The van der Waals surface area contributed by atoms with Crippen LogP contribution >= 0.6 is 11.6 Å². The molecule has 0 aliphatic carbocycles. The Morgan fingerprint density at radius 1 is 1.67 bits per heavy atom. The molecule has 1 unspecified atom stereocenters. The van der Waals surface area contributed by atoms with E-state index in [1.165, 1.54) is 0 Å². The van der Waals surface area contributed by atoms with Gasteiger partial charge in [0.25, 0.3) is 0 Å². The van der Waals surface area contributed by atoms with Crippen LogP contribution in [0.2, 0.25) is 5.15 Å². The van der Waals surface area contributed by atoms with Gasteiger partial charge < -0.3 is 20.9 Å². The summed E-state index contributed by atoms with van der Waals surface area (Å²) in [7, 11) is 0. The van der Waals surface area contributed by atoms with E-state index in [1.807, 2.05) is 6.08 Å². The molecule has 0 bridgehead atoms. The van der Waals surface area contributed by atoms with Crippen molar-refractivity contribution in [3.8, 4) is 0 Å². The first kappa shape index (κ1) is 12.4. The van der Waals surface area contributed by atoms with Gasteiger partial charge in [0.05, 0.1) is 6.26 Å². The summed E-state index contributed by atoms with van der Waals surface area (Å²) in [5.41, 5.74) is 4.44. The zero-order valence-electron chi connectivity index (χ0n) is 9.48. The third-order valence-corrected chi connectivity index (χ3v) is 2.66. The Bertz CT molecular complexity index is 524. The number of halogens is 1. The van der Waals surface area contributed by atoms with E-state index in [2.05, 4.69) is 15.3 Å². The summed E-state index contributed by atoms with van der Waals surface area (Å²) in [6.45, 7) is 1.80. The number of ether oxygens (including phenoxy) is 1. The number of hydrogen-bond acceptors (Lipinski definition) is 6. The van der Waals surface area contributed by atoms with E-state index in [0.717, 1.165) is 0 Å². The summed E-state index contributed by atoms with van der Waals surface area (Å²) >= 11 is 5.85. The van der Waals surface area contributed by atoms with E-state index in [4.69, 9.17) is 27.2 Å². The zero-order chi connectivity index (χ0) is 13.3. The lowest BCUT2D eigenvalue weighted by atomic mass is 10.2. The molecule has 0 fully saturated rings. The Morgan fingerprint density at radius 3 is 2.94 bits per heavy atom. The van der Waals surface area contributed by atoms with Crippen molar-refractivity contribution in [3.05, 3.63) is 23.2 Å². The summed E-state index contributed by atoms with van der Waals surface area (Å²) in [4.78, 5) is 18.4. The lowest BCUT2D eigenvalue weighted by Crippen LogP contribution is -2.34. The fourth-order valence-electron chi connectivity index (χ4n) is 1.52. The average Bonchev–Trinajstić information content (AvgIpc) is 2.69. The number of nitrogens with two attached hydrogens (primary N) is 1. The van der Waals surface area contributed by atoms with Crippen LogP contribution in [-0.4, -0.2) is 26.8 Å². The number of anilines is 2. The van der Waals surface area contributed by atoms with E-state index < -0.39 is 11.7 Å². The van der Waals surface area contributed by atoms with Crippen LogP contribution in [0, 0.1) is 0 Å². The van der Waals surface area contributed by atoms with Crippen molar-refractivity contribution in [2.45, 2.75) is 19.1 Å². The lowest BCUT2D eigenvalue weighted by Gasteiger charge is -2.26. The molecule has 18 heavy (non-hydrogen) atoms. The first-order valence-corrected chi connectivity index (χ1v) is 5.46. The van der Waals surface area contributed by atoms with Gasteiger partial charge in [0.1, 0.15) is 0 Å². The molecule has 0 spiro atoms. The highest BCUT2D eigenvalue weighted by Crippen LogP contribution is 2.28. The summed E-state index contributed by atoms with van der Waals surface area (Å²) in [5.74, 6) is -1.30. The van der Waals surface area contributed by atoms with Crippen molar-refractivity contribution in [2.75, 3.05) is 11.1 Å². The van der Waals surface area contributed by atoms with Crippen molar-refractivity contribution in [1.82, 2.24) is 9.97 Å². The van der Waals surface area contributed by atoms with Crippen molar-refractivity contribution < 1.29 is 14.6 Å². The number of hydrogen-bond donors (Lipinski definition) is 3. The van der Waals surface area contributed by atoms with Gasteiger partial charge in [-0.05, 0) is 13.0 Å². The first-order valence-electron chi connectivity index (χ1n) is 5.08. The first-order chi connectivity index (χ1) is 8.41. The van der Waals surface area contributed by atoms with Gasteiger partial charge >= 0.3 is 5.97 Å². The van der Waals surface area contributed by atoms with E-state index in [1.54, 1.807) is 13.2 Å². The van der Waals surface area contributed by atoms with Crippen LogP contribution in [0.3, 0.4) is 0 Å². The third-order valence-electron chi connectivity index (χ3n) is 2.40. The summed E-state index contributed by atoms with van der Waals surface area (Å²) < 4.78 is 5.34. The minimum Gasteiger partial charge on any atom is -0.476 e. The average molecular weight is 271 g/mol. The predicted molar refractivity (Wildman–Crippen MR) is 65.3 cm³/mol. The molecule has 2 heterocycles. The van der Waals surface area contributed by atoms with Crippen molar-refractivity contribution >= 4 is 29.2 Å². The Morgan fingerprint density at radius 2 is 2.39 bits per heavy atom. The number of carboxylic acid groups (broad SMARTS) is 1. The maximum Gasteiger partial charge on any atom is 0.358 e. The van der Waals surface area contributed by atoms with Crippen LogP contribution in [0.1, 0.15) is 23.8 Å². The van der Waals surface area contributed by atoms with E-state index in [-0.39, 0.29) is 22.5 Å². The third kappa shape index (κ3) is 2.30. The molecule has 0 radical (unpaired) electrons. The molecule has 7 nitrogen and oxygen atoms in total. The van der Waals surface area contributed by atoms with E-state index >= 15 is 0 Å². The van der Waals surface area contributed by atoms with Crippen LogP contribution in [0.25, 0.3) is 0 Å². The second kappa shape index (κ2) is 4.34. The molecule has 0 saturated heterocycles. The normalized spacial score (nSPS) is 21.7. The largest absolute Gasteiger partial charge is 0.476 e. The van der Waals surface area contributed by atoms with Gasteiger partial charge in [-0.25, -0.2) is 14.8 Å². The maximum absolute atomic E-state index is 10.8. The standard InChI is InChI=1S/C10H11ClN4O3/c1-10(3-2-4-18-10)15-8-6(11)13-5(9(16)17)7(12)14-8/h2,4H,3H2,1H3,(H,16,17)(H3,12,14,15). The fourth-order valence-corrected chi connectivity index (χ4v) is 1.69. The smallest absolute Gasteiger partial charge is 0.358 e. The number of nitrogens with zero attached hydrogens (tertiary/aromatic N) is 2. The van der Waals surface area contributed by atoms with Gasteiger partial charge in [-0.2, -0.15) is 0 Å². The van der Waals surface area contributed by atoms with Gasteiger partial charge in [0.2, 0.25) is 0 Å². The molecule has 1 atom stereocenters. The minimum absolute atomic E-state index is 0.0710. The molecule has 0 aromatic carbocycles. The van der Waals surface area contributed by atoms with Crippen LogP contribution in [0.5, 0.6) is 0 Å². The lowest BCUT2D eigenvalue weighted by molar-refractivity contribution is 0.0691. The number of aromatic nitrogens is 2. The molecular formula is C10H11ClN4O3. The Kier molecular flexibility index (Phi) is 3.00. The van der Waals surface area contributed by atoms with Crippen LogP contribution in [-0.2, 0) is 4.74 Å². The minimum atomic E-state index is -1.28. The highest BCUT2D eigenvalue weighted by molar-refractivity contribution is 6.32. The Hall–Kier alpha value is -2.02. The highest BCUT2D eigenvalue weighted by atomic mass is 35.5. The van der Waals surface area contributed by atoms with Crippen LogP contribution in [0.15, 0.2) is 12.3 Å². The van der Waals surface area contributed by atoms with Crippen molar-refractivity contribution in [1.29, 1.82) is 0 Å². The van der Waals surface area contributed by atoms with E-state index in [9.17, 15) is 4.79 Å². The number of rotatable bonds is 3. The number of carbonyl (C=O) groups is 1. The topological polar surface area (TPSA) is 110 Å². The molecule has 8 heteroatoms. The molecule has 0 amide bonds. The number of nitrogens with one attached hydrogen (secondary N) is 1. The Labute approximate surface area is 108 Å². The second-order valence-electron chi connectivity index (χ2n) is 3.95. The van der Waals surface area contributed by atoms with Gasteiger partial charge in [-0.3, -0.25) is 0 Å². The van der Waals surface area contributed by atoms with Crippen LogP contribution in [0.4, 0.5) is 11.6 Å². The van der Waals surface area contributed by atoms with Gasteiger partial charge in [-0.1, -0.05) is 11.6 Å². The van der Waals surface area contributed by atoms with Crippen molar-refractivity contribution in [3.63, 3.8) is 0 Å². The highest BCUT2D eigenvalue weighted by Gasteiger charge is 2.29. The van der Waals surface area contributed by atoms with Crippen molar-refractivity contribution in [2.24, 2.45) is 0 Å². The number of aromatic carboxylic acids is 1. The van der Waals surface area contributed by atoms with Gasteiger partial charge in [0, 0.05) is 6.42 Å². The number of nitrogen functional groups attached to an aromatic ring is 1. The number of carboxylic acids is 1. The fraction of sp³-hybridized carbons (Fsp3) is 0.300. The zero-order valence-corrected chi connectivity index (χ0v) is 10.2. The molecule has 2 rings (SSSR count). The Balaban J connectivity index is 2.29. The molecule has 1 aromatic heterocycles. The summed E-state index contributed by atoms with van der Waals surface area (Å²) in [6, 6.07) is 0. The SMILES string of the molecule is CC1(Nc2nc(N)c(C(=O)O)nc2Cl)CC=CO1. The van der Waals surface area contributed by atoms with Gasteiger partial charge in [0.15, 0.2) is 28.2 Å². The molecule has 1 aliphatic rings. The second-order valence-corrected chi connectivity index (χ2v) is 4.31. The summed E-state index contributed by atoms with van der Waals surface area (Å²) in [5, 5.41) is 11.7. The maximum atomic E-state index is 10.8. The molecular weight excluding hydrogens is 260 g/mol. The van der Waals surface area contributed by atoms with E-state index in [0.29, 0.717) is 6.42 Å². The van der Waals surface area contributed by atoms with Gasteiger partial charge in [-0.15, -0.1) is 0 Å². The monoisotopic (exact) mass is 270 g/mol. The molecule has 0 saturated carbocycles. The molecule has 1 aliphatic heterocycles. The molecule has 4 N–H and O–H groups in total. The molecule has 1 aromatic rings. The quantitative estimate of drug-likeness (QED) is 0.763. The predicted octanol–water partition coefficient (Wildman–Crippen LogP) is 1.47. The summed E-state index contributed by atoms with van der Waals surface area (Å²) in [6.07, 6.45) is 4.01. The van der Waals surface area contributed by atoms with Crippen LogP contribution < -0.4 is 11.1 Å².